The summed E-state index contributed by atoms with van der Waals surface area (Å²) in [5, 5.41) is 2.69. The molecule has 2 aromatic heterocycles. The fourth-order valence-corrected chi connectivity index (χ4v) is 1.72. The minimum absolute atomic E-state index is 0.0756. The van der Waals surface area contributed by atoms with E-state index in [2.05, 4.69) is 5.32 Å². The van der Waals surface area contributed by atoms with Gasteiger partial charge >= 0.3 is 0 Å². The van der Waals surface area contributed by atoms with Gasteiger partial charge in [-0.15, -0.1) is 0 Å². The maximum absolute atomic E-state index is 11.8. The molecule has 0 fully saturated rings. The monoisotopic (exact) mass is 234 g/mol. The van der Waals surface area contributed by atoms with Crippen molar-refractivity contribution in [2.75, 3.05) is 0 Å². The summed E-state index contributed by atoms with van der Waals surface area (Å²) in [7, 11) is 0. The summed E-state index contributed by atoms with van der Waals surface area (Å²) in [5.74, 6) is -0.0756. The van der Waals surface area contributed by atoms with Gasteiger partial charge in [0.05, 0.1) is 11.2 Å². The highest BCUT2D eigenvalue weighted by atomic mass is 16.5. The second-order valence-corrected chi connectivity index (χ2v) is 3.83. The van der Waals surface area contributed by atoms with Gasteiger partial charge in [0.1, 0.15) is 6.26 Å². The van der Waals surface area contributed by atoms with Crippen LogP contribution >= 0.6 is 0 Å². The van der Waals surface area contributed by atoms with Gasteiger partial charge in [-0.25, -0.2) is 0 Å². The van der Waals surface area contributed by atoms with Gasteiger partial charge in [-0.1, -0.05) is 6.92 Å². The Morgan fingerprint density at radius 1 is 1.53 bits per heavy atom. The van der Waals surface area contributed by atoms with E-state index in [-0.39, 0.29) is 17.9 Å². The first-order valence-corrected chi connectivity index (χ1v) is 5.49. The highest BCUT2D eigenvalue weighted by Gasteiger charge is 2.10. The molecule has 2 rings (SSSR count). The van der Waals surface area contributed by atoms with Crippen LogP contribution in [0.5, 0.6) is 0 Å². The Labute approximate surface area is 98.0 Å². The molecule has 2 heterocycles. The summed E-state index contributed by atoms with van der Waals surface area (Å²) in [6, 6.07) is 3.23. The number of pyridine rings is 1. The molecule has 0 aliphatic carbocycles. The Balaban J connectivity index is 2.39. The first kappa shape index (κ1) is 11.4. The number of nitrogens with zero attached hydrogens (tertiary/aromatic N) is 1. The predicted octanol–water partition coefficient (Wildman–Crippen LogP) is 1.23. The lowest BCUT2D eigenvalue weighted by Crippen LogP contribution is -2.26. The van der Waals surface area contributed by atoms with Crippen molar-refractivity contribution in [2.24, 2.45) is 0 Å². The zero-order chi connectivity index (χ0) is 12.4. The van der Waals surface area contributed by atoms with Gasteiger partial charge in [-0.2, -0.15) is 4.57 Å². The maximum Gasteiger partial charge on any atom is 0.219 e. The molecular weight excluding hydrogens is 220 g/mol. The minimum atomic E-state index is -0.0831. The van der Waals surface area contributed by atoms with Gasteiger partial charge in [0.25, 0.3) is 0 Å². The molecule has 5 heteroatoms. The third-order valence-electron chi connectivity index (χ3n) is 2.74. The summed E-state index contributed by atoms with van der Waals surface area (Å²) < 4.78 is 6.82. The van der Waals surface area contributed by atoms with Crippen LogP contribution in [0.2, 0.25) is 0 Å². The molecule has 0 aliphatic rings. The van der Waals surface area contributed by atoms with Crippen molar-refractivity contribution in [1.82, 2.24) is 9.89 Å². The van der Waals surface area contributed by atoms with Crippen LogP contribution < -0.4 is 10.7 Å². The van der Waals surface area contributed by atoms with Crippen molar-refractivity contribution in [3.05, 3.63) is 39.9 Å². The van der Waals surface area contributed by atoms with E-state index in [1.807, 2.05) is 0 Å². The number of nitrogens with one attached hydrogen (secondary N) is 1. The summed E-state index contributed by atoms with van der Waals surface area (Å²) in [6.45, 7) is 3.80. The van der Waals surface area contributed by atoms with E-state index >= 15 is 0 Å². The van der Waals surface area contributed by atoms with Crippen LogP contribution in [0.3, 0.4) is 0 Å². The lowest BCUT2D eigenvalue weighted by Gasteiger charge is -2.07. The van der Waals surface area contributed by atoms with Gasteiger partial charge in [0.2, 0.25) is 5.91 Å². The average Bonchev–Trinajstić information content (AvgIpc) is 2.76. The highest BCUT2D eigenvalue weighted by molar-refractivity contribution is 5.75. The normalized spacial score (nSPS) is 10.7. The van der Waals surface area contributed by atoms with Crippen LogP contribution in [-0.4, -0.2) is 10.5 Å². The number of fused-ring (bicyclic) bond motifs is 1. The molecule has 0 atom stereocenters. The quantitative estimate of drug-likeness (QED) is 0.868. The lowest BCUT2D eigenvalue weighted by atomic mass is 10.2. The van der Waals surface area contributed by atoms with E-state index < -0.39 is 0 Å². The molecule has 2 aromatic rings. The van der Waals surface area contributed by atoms with Crippen LogP contribution in [0.4, 0.5) is 0 Å². The Kier molecular flexibility index (Phi) is 2.99. The summed E-state index contributed by atoms with van der Waals surface area (Å²) in [6.07, 6.45) is 1.93. The molecule has 0 saturated heterocycles. The van der Waals surface area contributed by atoms with Gasteiger partial charge < -0.3 is 9.84 Å². The van der Waals surface area contributed by atoms with Crippen molar-refractivity contribution in [3.63, 3.8) is 0 Å². The number of hydrogen-bond donors (Lipinski definition) is 1. The van der Waals surface area contributed by atoms with Crippen molar-refractivity contribution in [2.45, 2.75) is 26.8 Å². The number of amides is 1. The number of carbonyl (C=O) groups is 1. The SMILES string of the molecule is CCC(=O)NCc1c(C)n2occc2cc1=O. The zero-order valence-electron chi connectivity index (χ0n) is 9.82. The van der Waals surface area contributed by atoms with E-state index in [1.165, 1.54) is 12.3 Å². The highest BCUT2D eigenvalue weighted by Crippen LogP contribution is 2.09. The fraction of sp³-hybridized carbons (Fsp3) is 0.333. The van der Waals surface area contributed by atoms with Crippen molar-refractivity contribution in [3.8, 4) is 0 Å². The van der Waals surface area contributed by atoms with E-state index in [1.54, 1.807) is 24.5 Å². The van der Waals surface area contributed by atoms with Gasteiger partial charge in [0.15, 0.2) is 5.43 Å². The van der Waals surface area contributed by atoms with Crippen molar-refractivity contribution in [1.29, 1.82) is 0 Å². The van der Waals surface area contributed by atoms with E-state index in [9.17, 15) is 9.59 Å². The van der Waals surface area contributed by atoms with Gasteiger partial charge in [-0.3, -0.25) is 9.59 Å². The van der Waals surface area contributed by atoms with Crippen LogP contribution in [0.1, 0.15) is 24.6 Å². The van der Waals surface area contributed by atoms with Gasteiger partial charge in [-0.05, 0) is 6.92 Å². The van der Waals surface area contributed by atoms with Gasteiger partial charge in [0, 0.05) is 30.7 Å². The molecule has 0 aliphatic heterocycles. The Hall–Kier alpha value is -2.04. The molecule has 0 radical (unpaired) electrons. The molecule has 0 saturated carbocycles. The zero-order valence-corrected chi connectivity index (χ0v) is 9.82. The maximum atomic E-state index is 11.8. The van der Waals surface area contributed by atoms with Crippen molar-refractivity contribution < 1.29 is 9.32 Å². The second-order valence-electron chi connectivity index (χ2n) is 3.83. The predicted molar refractivity (Wildman–Crippen MR) is 62.8 cm³/mol. The number of aryl methyl sites for hydroxylation is 1. The van der Waals surface area contributed by atoms with Crippen LogP contribution in [0.25, 0.3) is 5.52 Å². The molecule has 17 heavy (non-hydrogen) atoms. The molecule has 1 amide bonds. The number of carbonyl (C=O) groups excluding carboxylic acids is 1. The first-order chi connectivity index (χ1) is 8.13. The molecule has 0 aromatic carbocycles. The Morgan fingerprint density at radius 3 is 3.00 bits per heavy atom. The number of aromatic nitrogens is 1. The topological polar surface area (TPSA) is 63.7 Å². The van der Waals surface area contributed by atoms with Crippen LogP contribution in [0.15, 0.2) is 27.7 Å². The van der Waals surface area contributed by atoms with E-state index in [4.69, 9.17) is 4.52 Å². The number of hydrogen-bond acceptors (Lipinski definition) is 3. The smallest absolute Gasteiger partial charge is 0.219 e. The average molecular weight is 234 g/mol. The van der Waals surface area contributed by atoms with E-state index in [0.717, 1.165) is 5.52 Å². The largest absolute Gasteiger partial charge is 0.383 e. The summed E-state index contributed by atoms with van der Waals surface area (Å²) in [5.41, 5.74) is 1.91. The molecule has 0 spiro atoms. The Morgan fingerprint density at radius 2 is 2.29 bits per heavy atom. The molecular formula is C12H14N2O3. The molecule has 0 unspecified atom stereocenters. The first-order valence-electron chi connectivity index (χ1n) is 5.49. The lowest BCUT2D eigenvalue weighted by molar-refractivity contribution is -0.120. The molecule has 1 N–H and O–H groups in total. The minimum Gasteiger partial charge on any atom is -0.383 e. The standard InChI is InChI=1S/C12H14N2O3/c1-3-12(16)13-7-10-8(2)14-9(4-5-17-14)6-11(10)15/h4-6H,3,7H2,1-2H3,(H,13,16). The fourth-order valence-electron chi connectivity index (χ4n) is 1.72. The van der Waals surface area contributed by atoms with Crippen molar-refractivity contribution >= 4 is 11.4 Å². The molecule has 90 valence electrons. The summed E-state index contributed by atoms with van der Waals surface area (Å²) in [4.78, 5) is 23.0. The van der Waals surface area contributed by atoms with Crippen LogP contribution in [-0.2, 0) is 11.3 Å². The second kappa shape index (κ2) is 4.45. The third kappa shape index (κ3) is 2.08. The van der Waals surface area contributed by atoms with Crippen LogP contribution in [0, 0.1) is 6.92 Å². The summed E-state index contributed by atoms with van der Waals surface area (Å²) >= 11 is 0. The van der Waals surface area contributed by atoms with E-state index in [0.29, 0.717) is 17.7 Å². The molecule has 0 bridgehead atoms. The number of rotatable bonds is 3. The molecule has 5 nitrogen and oxygen atoms in total. The third-order valence-corrected chi connectivity index (χ3v) is 2.74. The Bertz CT molecular complexity index is 610.